The Morgan fingerprint density at radius 3 is 2.14 bits per heavy atom. The van der Waals surface area contributed by atoms with Gasteiger partial charge < -0.3 is 9.47 Å². The van der Waals surface area contributed by atoms with Crippen molar-refractivity contribution in [3.8, 4) is 11.5 Å². The van der Waals surface area contributed by atoms with Gasteiger partial charge in [-0.15, -0.1) is 0 Å². The number of hydrogen-bond acceptors (Lipinski definition) is 3. The second-order valence-electron chi connectivity index (χ2n) is 4.59. The number of carbonyl (C=O) groups is 1. The van der Waals surface area contributed by atoms with Crippen molar-refractivity contribution in [1.29, 1.82) is 0 Å². The standard InChI is InChI=1S/C18H18O3/c1-13-7-4-5-8-14(13)11-12-15(19)18-16(20-2)9-6-10-17(18)21-3/h4-12H,1-3H3/b12-11+. The van der Waals surface area contributed by atoms with E-state index in [-0.39, 0.29) is 5.78 Å². The first-order chi connectivity index (χ1) is 10.2. The average Bonchev–Trinajstić information content (AvgIpc) is 2.52. The molecule has 0 aliphatic carbocycles. The van der Waals surface area contributed by atoms with Gasteiger partial charge >= 0.3 is 0 Å². The molecule has 21 heavy (non-hydrogen) atoms. The second-order valence-corrected chi connectivity index (χ2v) is 4.59. The molecule has 0 N–H and O–H groups in total. The molecule has 0 aromatic heterocycles. The number of rotatable bonds is 5. The summed E-state index contributed by atoms with van der Waals surface area (Å²) in [5.74, 6) is 0.870. The van der Waals surface area contributed by atoms with Gasteiger partial charge in [0.25, 0.3) is 0 Å². The van der Waals surface area contributed by atoms with Crippen LogP contribution in [0.5, 0.6) is 11.5 Å². The zero-order valence-electron chi connectivity index (χ0n) is 12.4. The summed E-state index contributed by atoms with van der Waals surface area (Å²) >= 11 is 0. The highest BCUT2D eigenvalue weighted by molar-refractivity contribution is 6.10. The molecule has 0 atom stereocenters. The van der Waals surface area contributed by atoms with Crippen LogP contribution >= 0.6 is 0 Å². The lowest BCUT2D eigenvalue weighted by Crippen LogP contribution is -2.02. The van der Waals surface area contributed by atoms with Crippen LogP contribution in [0.1, 0.15) is 21.5 Å². The van der Waals surface area contributed by atoms with Gasteiger partial charge in [-0.2, -0.15) is 0 Å². The van der Waals surface area contributed by atoms with Gasteiger partial charge in [0.2, 0.25) is 0 Å². The fraction of sp³-hybridized carbons (Fsp3) is 0.167. The highest BCUT2D eigenvalue weighted by atomic mass is 16.5. The Labute approximate surface area is 124 Å². The molecule has 0 spiro atoms. The van der Waals surface area contributed by atoms with E-state index >= 15 is 0 Å². The third-order valence-electron chi connectivity index (χ3n) is 3.28. The zero-order chi connectivity index (χ0) is 15.2. The monoisotopic (exact) mass is 282 g/mol. The second kappa shape index (κ2) is 6.75. The normalized spacial score (nSPS) is 10.6. The van der Waals surface area contributed by atoms with Crippen LogP contribution < -0.4 is 9.47 Å². The lowest BCUT2D eigenvalue weighted by Gasteiger charge is -2.10. The zero-order valence-corrected chi connectivity index (χ0v) is 12.4. The fourth-order valence-electron chi connectivity index (χ4n) is 2.12. The minimum atomic E-state index is -0.146. The molecule has 0 saturated carbocycles. The van der Waals surface area contributed by atoms with Crippen molar-refractivity contribution in [2.45, 2.75) is 6.92 Å². The smallest absolute Gasteiger partial charge is 0.193 e. The van der Waals surface area contributed by atoms with Crippen LogP contribution in [-0.2, 0) is 0 Å². The summed E-state index contributed by atoms with van der Waals surface area (Å²) in [7, 11) is 3.08. The molecule has 0 unspecified atom stereocenters. The van der Waals surface area contributed by atoms with Gasteiger partial charge in [-0.1, -0.05) is 36.4 Å². The van der Waals surface area contributed by atoms with E-state index in [0.29, 0.717) is 17.1 Å². The molecule has 108 valence electrons. The van der Waals surface area contributed by atoms with E-state index in [1.54, 1.807) is 24.3 Å². The fourth-order valence-corrected chi connectivity index (χ4v) is 2.12. The number of benzene rings is 2. The lowest BCUT2D eigenvalue weighted by molar-refractivity contribution is 0.104. The molecular weight excluding hydrogens is 264 g/mol. The minimum Gasteiger partial charge on any atom is -0.496 e. The molecule has 0 saturated heterocycles. The Morgan fingerprint density at radius 2 is 1.57 bits per heavy atom. The Balaban J connectivity index is 2.35. The highest BCUT2D eigenvalue weighted by Gasteiger charge is 2.15. The minimum absolute atomic E-state index is 0.146. The van der Waals surface area contributed by atoms with Gasteiger partial charge in [0, 0.05) is 0 Å². The molecule has 3 nitrogen and oxygen atoms in total. The Morgan fingerprint density at radius 1 is 0.952 bits per heavy atom. The van der Waals surface area contributed by atoms with Crippen LogP contribution in [0.4, 0.5) is 0 Å². The van der Waals surface area contributed by atoms with Gasteiger partial charge in [-0.05, 0) is 36.3 Å². The van der Waals surface area contributed by atoms with Crippen LogP contribution in [0.25, 0.3) is 6.08 Å². The number of ketones is 1. The summed E-state index contributed by atoms with van der Waals surface area (Å²) in [4.78, 5) is 12.4. The van der Waals surface area contributed by atoms with E-state index in [4.69, 9.17) is 9.47 Å². The molecule has 3 heteroatoms. The van der Waals surface area contributed by atoms with E-state index in [9.17, 15) is 4.79 Å². The van der Waals surface area contributed by atoms with Crippen molar-refractivity contribution in [3.63, 3.8) is 0 Å². The van der Waals surface area contributed by atoms with E-state index in [0.717, 1.165) is 11.1 Å². The maximum atomic E-state index is 12.4. The Bertz CT molecular complexity index is 650. The lowest BCUT2D eigenvalue weighted by atomic mass is 10.0. The van der Waals surface area contributed by atoms with Crippen molar-refractivity contribution in [3.05, 3.63) is 65.2 Å². The first kappa shape index (κ1) is 14.9. The van der Waals surface area contributed by atoms with Crippen LogP contribution in [0, 0.1) is 6.92 Å². The predicted octanol–water partition coefficient (Wildman–Crippen LogP) is 3.91. The van der Waals surface area contributed by atoms with E-state index in [2.05, 4.69) is 0 Å². The highest BCUT2D eigenvalue weighted by Crippen LogP contribution is 2.29. The molecule has 2 aromatic rings. The molecule has 0 aliphatic heterocycles. The van der Waals surface area contributed by atoms with Crippen molar-refractivity contribution < 1.29 is 14.3 Å². The summed E-state index contributed by atoms with van der Waals surface area (Å²) in [6.45, 7) is 2.01. The maximum Gasteiger partial charge on any atom is 0.193 e. The maximum absolute atomic E-state index is 12.4. The number of hydrogen-bond donors (Lipinski definition) is 0. The van der Waals surface area contributed by atoms with Crippen LogP contribution in [0.2, 0.25) is 0 Å². The number of allylic oxidation sites excluding steroid dienone is 1. The van der Waals surface area contributed by atoms with Gasteiger partial charge in [-0.3, -0.25) is 4.79 Å². The molecule has 0 heterocycles. The summed E-state index contributed by atoms with van der Waals surface area (Å²) < 4.78 is 10.5. The van der Waals surface area contributed by atoms with Gasteiger partial charge in [0.05, 0.1) is 14.2 Å². The number of aryl methyl sites for hydroxylation is 1. The largest absolute Gasteiger partial charge is 0.496 e. The third-order valence-corrected chi connectivity index (χ3v) is 3.28. The summed E-state index contributed by atoms with van der Waals surface area (Å²) in [6, 6.07) is 13.2. The SMILES string of the molecule is COc1cccc(OC)c1C(=O)/C=C/c1ccccc1C. The summed E-state index contributed by atoms with van der Waals surface area (Å²) in [5.41, 5.74) is 2.57. The molecule has 2 rings (SSSR count). The number of carbonyl (C=O) groups excluding carboxylic acids is 1. The molecule has 0 amide bonds. The van der Waals surface area contributed by atoms with Crippen LogP contribution in [0.15, 0.2) is 48.5 Å². The Hall–Kier alpha value is -2.55. The quantitative estimate of drug-likeness (QED) is 0.616. The molecule has 2 aromatic carbocycles. The van der Waals surface area contributed by atoms with Crippen LogP contribution in [0.3, 0.4) is 0 Å². The third kappa shape index (κ3) is 3.31. The molecular formula is C18H18O3. The molecule has 0 aliphatic rings. The van der Waals surface area contributed by atoms with Crippen molar-refractivity contribution >= 4 is 11.9 Å². The number of ether oxygens (including phenoxy) is 2. The topological polar surface area (TPSA) is 35.5 Å². The number of methoxy groups -OCH3 is 2. The average molecular weight is 282 g/mol. The van der Waals surface area contributed by atoms with Gasteiger partial charge in [0.1, 0.15) is 17.1 Å². The molecule has 0 radical (unpaired) electrons. The van der Waals surface area contributed by atoms with Crippen molar-refractivity contribution in [2.75, 3.05) is 14.2 Å². The molecule has 0 bridgehead atoms. The van der Waals surface area contributed by atoms with E-state index < -0.39 is 0 Å². The molecule has 0 fully saturated rings. The summed E-state index contributed by atoms with van der Waals surface area (Å²) in [6.07, 6.45) is 3.35. The first-order valence-corrected chi connectivity index (χ1v) is 6.66. The van der Waals surface area contributed by atoms with Gasteiger partial charge in [-0.25, -0.2) is 0 Å². The van der Waals surface area contributed by atoms with Crippen molar-refractivity contribution in [1.82, 2.24) is 0 Å². The summed E-state index contributed by atoms with van der Waals surface area (Å²) in [5, 5.41) is 0. The van der Waals surface area contributed by atoms with E-state index in [1.165, 1.54) is 14.2 Å². The predicted molar refractivity (Wildman–Crippen MR) is 84.1 cm³/mol. The Kier molecular flexibility index (Phi) is 4.77. The van der Waals surface area contributed by atoms with Crippen LogP contribution in [-0.4, -0.2) is 20.0 Å². The van der Waals surface area contributed by atoms with Crippen molar-refractivity contribution in [2.24, 2.45) is 0 Å². The van der Waals surface area contributed by atoms with Gasteiger partial charge in [0.15, 0.2) is 5.78 Å². The van der Waals surface area contributed by atoms with E-state index in [1.807, 2.05) is 37.3 Å². The first-order valence-electron chi connectivity index (χ1n) is 6.66.